The van der Waals surface area contributed by atoms with Crippen LogP contribution in [0.25, 0.3) is 10.8 Å². The summed E-state index contributed by atoms with van der Waals surface area (Å²) in [5.41, 5.74) is 7.74. The van der Waals surface area contributed by atoms with Crippen molar-refractivity contribution in [2.45, 2.75) is 12.5 Å². The molecule has 0 spiro atoms. The lowest BCUT2D eigenvalue weighted by molar-refractivity contribution is -0.141. The highest BCUT2D eigenvalue weighted by Gasteiger charge is 2.22. The summed E-state index contributed by atoms with van der Waals surface area (Å²) >= 11 is 0. The minimum absolute atomic E-state index is 0.367. The first-order valence-electron chi connectivity index (χ1n) is 8.23. The molecule has 0 aliphatic heterocycles. The van der Waals surface area contributed by atoms with E-state index in [0.29, 0.717) is 29.1 Å². The molecule has 26 heavy (non-hydrogen) atoms. The number of carbonyl (C=O) groups excluding carboxylic acids is 1. The number of nitrogen functional groups attached to an aromatic ring is 1. The highest BCUT2D eigenvalue weighted by molar-refractivity contribution is 6.04. The molecule has 1 atom stereocenters. The number of hydrogen-bond acceptors (Lipinski definition) is 6. The van der Waals surface area contributed by atoms with Gasteiger partial charge in [-0.2, -0.15) is 0 Å². The normalized spacial score (nSPS) is 11.8. The number of pyridine rings is 1. The van der Waals surface area contributed by atoms with Gasteiger partial charge < -0.3 is 20.5 Å². The van der Waals surface area contributed by atoms with Crippen LogP contribution < -0.4 is 15.8 Å². The molecular weight excluding hydrogens is 330 g/mol. The summed E-state index contributed by atoms with van der Waals surface area (Å²) in [4.78, 5) is 16.7. The van der Waals surface area contributed by atoms with Gasteiger partial charge in [-0.25, -0.2) is 9.78 Å². The zero-order chi connectivity index (χ0) is 18.5. The van der Waals surface area contributed by atoms with Gasteiger partial charge in [0.05, 0.1) is 19.6 Å². The van der Waals surface area contributed by atoms with E-state index in [1.54, 1.807) is 19.4 Å². The summed E-state index contributed by atoms with van der Waals surface area (Å²) < 4.78 is 10.4. The van der Waals surface area contributed by atoms with E-state index in [2.05, 4.69) is 10.3 Å². The fraction of sp³-hybridized carbons (Fsp3) is 0.200. The number of aromatic nitrogens is 1. The lowest BCUT2D eigenvalue weighted by atomic mass is 10.0. The Bertz CT molecular complexity index is 913. The molecule has 0 radical (unpaired) electrons. The maximum absolute atomic E-state index is 12.3. The average molecular weight is 351 g/mol. The number of nitrogens with one attached hydrogen (secondary N) is 1. The second-order valence-electron chi connectivity index (χ2n) is 5.85. The lowest BCUT2D eigenvalue weighted by Gasteiger charge is -2.19. The standard InChI is InChI=1S/C20H21N3O3/c1-25-17-9-8-15(21)18-14(17)10-11-22-19(18)23-16(20(24)26-2)12-13-6-4-3-5-7-13/h3-11,16H,12,21H2,1-2H3,(H,22,23). The van der Waals surface area contributed by atoms with E-state index in [4.69, 9.17) is 15.2 Å². The molecule has 6 nitrogen and oxygen atoms in total. The molecule has 3 N–H and O–H groups in total. The largest absolute Gasteiger partial charge is 0.496 e. The van der Waals surface area contributed by atoms with Crippen LogP contribution >= 0.6 is 0 Å². The molecule has 0 fully saturated rings. The van der Waals surface area contributed by atoms with Crippen LogP contribution in [0.4, 0.5) is 11.5 Å². The van der Waals surface area contributed by atoms with Gasteiger partial charge in [-0.05, 0) is 23.8 Å². The van der Waals surface area contributed by atoms with E-state index in [1.807, 2.05) is 42.5 Å². The average Bonchev–Trinajstić information content (AvgIpc) is 2.68. The topological polar surface area (TPSA) is 86.5 Å². The second kappa shape index (κ2) is 7.74. The molecule has 0 aliphatic rings. The van der Waals surface area contributed by atoms with Crippen LogP contribution in [0.2, 0.25) is 0 Å². The van der Waals surface area contributed by atoms with Gasteiger partial charge in [0.15, 0.2) is 0 Å². The summed E-state index contributed by atoms with van der Waals surface area (Å²) in [7, 11) is 2.97. The molecule has 1 aromatic heterocycles. The smallest absolute Gasteiger partial charge is 0.328 e. The van der Waals surface area contributed by atoms with Gasteiger partial charge in [-0.15, -0.1) is 0 Å². The van der Waals surface area contributed by atoms with E-state index >= 15 is 0 Å². The number of carbonyl (C=O) groups is 1. The van der Waals surface area contributed by atoms with Crippen molar-refractivity contribution < 1.29 is 14.3 Å². The van der Waals surface area contributed by atoms with Gasteiger partial charge >= 0.3 is 5.97 Å². The van der Waals surface area contributed by atoms with Crippen molar-refractivity contribution in [3.05, 3.63) is 60.3 Å². The quantitative estimate of drug-likeness (QED) is 0.524. The monoisotopic (exact) mass is 351 g/mol. The molecule has 3 rings (SSSR count). The van der Waals surface area contributed by atoms with Crippen LogP contribution in [0.5, 0.6) is 5.75 Å². The van der Waals surface area contributed by atoms with Crippen LogP contribution in [0.3, 0.4) is 0 Å². The minimum atomic E-state index is -0.592. The number of anilines is 2. The Morgan fingerprint density at radius 2 is 1.92 bits per heavy atom. The fourth-order valence-corrected chi connectivity index (χ4v) is 2.94. The summed E-state index contributed by atoms with van der Waals surface area (Å²) in [6, 6.07) is 14.5. The third kappa shape index (κ3) is 3.54. The van der Waals surface area contributed by atoms with Crippen molar-refractivity contribution >= 4 is 28.2 Å². The van der Waals surface area contributed by atoms with Crippen LogP contribution in [0, 0.1) is 0 Å². The minimum Gasteiger partial charge on any atom is -0.496 e. The van der Waals surface area contributed by atoms with Crippen molar-refractivity contribution in [3.8, 4) is 5.75 Å². The molecule has 1 heterocycles. The summed E-state index contributed by atoms with van der Waals surface area (Å²) in [5.74, 6) is 0.844. The van der Waals surface area contributed by atoms with Crippen molar-refractivity contribution in [2.75, 3.05) is 25.3 Å². The summed E-state index contributed by atoms with van der Waals surface area (Å²) in [6.07, 6.45) is 2.12. The molecule has 3 aromatic rings. The van der Waals surface area contributed by atoms with E-state index in [0.717, 1.165) is 10.9 Å². The van der Waals surface area contributed by atoms with Gasteiger partial charge in [-0.3, -0.25) is 0 Å². The maximum atomic E-state index is 12.3. The van der Waals surface area contributed by atoms with Crippen molar-refractivity contribution in [3.63, 3.8) is 0 Å². The second-order valence-corrected chi connectivity index (χ2v) is 5.85. The molecule has 0 saturated heterocycles. The first-order valence-corrected chi connectivity index (χ1v) is 8.23. The highest BCUT2D eigenvalue weighted by Crippen LogP contribution is 2.34. The number of rotatable bonds is 6. The SMILES string of the molecule is COC(=O)C(Cc1ccccc1)Nc1nccc2c(OC)ccc(N)c12. The molecule has 0 aliphatic carbocycles. The maximum Gasteiger partial charge on any atom is 0.328 e. The molecule has 134 valence electrons. The predicted molar refractivity (Wildman–Crippen MR) is 102 cm³/mol. The Balaban J connectivity index is 2.00. The van der Waals surface area contributed by atoms with Crippen LogP contribution in [-0.2, 0) is 16.0 Å². The molecule has 0 bridgehead atoms. The number of ether oxygens (including phenoxy) is 2. The zero-order valence-electron chi connectivity index (χ0n) is 14.7. The summed E-state index contributed by atoms with van der Waals surface area (Å²) in [5, 5.41) is 4.74. The third-order valence-electron chi connectivity index (χ3n) is 4.22. The number of nitrogens with zero attached hydrogens (tertiary/aromatic N) is 1. The van der Waals surface area contributed by atoms with Crippen LogP contribution in [0.1, 0.15) is 5.56 Å². The molecule has 0 saturated carbocycles. The summed E-state index contributed by atoms with van der Waals surface area (Å²) in [6.45, 7) is 0. The number of benzene rings is 2. The molecule has 2 aromatic carbocycles. The van der Waals surface area contributed by atoms with Gasteiger partial charge in [0.1, 0.15) is 17.6 Å². The van der Waals surface area contributed by atoms with Gasteiger partial charge in [-0.1, -0.05) is 30.3 Å². The zero-order valence-corrected chi connectivity index (χ0v) is 14.7. The van der Waals surface area contributed by atoms with Gasteiger partial charge in [0, 0.05) is 23.7 Å². The number of esters is 1. The van der Waals surface area contributed by atoms with Crippen LogP contribution in [0.15, 0.2) is 54.7 Å². The first kappa shape index (κ1) is 17.5. The van der Waals surface area contributed by atoms with Gasteiger partial charge in [0.25, 0.3) is 0 Å². The number of hydrogen-bond donors (Lipinski definition) is 2. The molecule has 1 unspecified atom stereocenters. The Morgan fingerprint density at radius 1 is 1.15 bits per heavy atom. The van der Waals surface area contributed by atoms with Crippen molar-refractivity contribution in [1.82, 2.24) is 4.98 Å². The van der Waals surface area contributed by atoms with Crippen molar-refractivity contribution in [2.24, 2.45) is 0 Å². The van der Waals surface area contributed by atoms with E-state index in [9.17, 15) is 4.79 Å². The Kier molecular flexibility index (Phi) is 5.22. The molecule has 6 heteroatoms. The van der Waals surface area contributed by atoms with E-state index in [1.165, 1.54) is 7.11 Å². The Hall–Kier alpha value is -3.28. The predicted octanol–water partition coefficient (Wildman–Crippen LogP) is 3.02. The Labute approximate surface area is 151 Å². The third-order valence-corrected chi connectivity index (χ3v) is 4.22. The Morgan fingerprint density at radius 3 is 2.62 bits per heavy atom. The highest BCUT2D eigenvalue weighted by atomic mass is 16.5. The van der Waals surface area contributed by atoms with E-state index in [-0.39, 0.29) is 5.97 Å². The number of fused-ring (bicyclic) bond motifs is 1. The van der Waals surface area contributed by atoms with Crippen molar-refractivity contribution in [1.29, 1.82) is 0 Å². The lowest BCUT2D eigenvalue weighted by Crippen LogP contribution is -2.33. The number of nitrogens with two attached hydrogens (primary N) is 1. The number of methoxy groups -OCH3 is 2. The first-order chi connectivity index (χ1) is 12.6. The molecule has 0 amide bonds. The fourth-order valence-electron chi connectivity index (χ4n) is 2.94. The molecular formula is C20H21N3O3. The van der Waals surface area contributed by atoms with Gasteiger partial charge in [0.2, 0.25) is 0 Å². The van der Waals surface area contributed by atoms with Crippen LogP contribution in [-0.4, -0.2) is 31.2 Å². The van der Waals surface area contributed by atoms with E-state index < -0.39 is 6.04 Å².